The summed E-state index contributed by atoms with van der Waals surface area (Å²) in [4.78, 5) is 16.9. The molecule has 2 aromatic rings. The van der Waals surface area contributed by atoms with Crippen molar-refractivity contribution in [2.24, 2.45) is 0 Å². The molecule has 2 rings (SSSR count). The van der Waals surface area contributed by atoms with Crippen molar-refractivity contribution in [3.8, 4) is 0 Å². The van der Waals surface area contributed by atoms with Gasteiger partial charge in [0.25, 0.3) is 5.91 Å². The molecule has 0 bridgehead atoms. The highest BCUT2D eigenvalue weighted by atomic mass is 35.5. The van der Waals surface area contributed by atoms with E-state index in [1.807, 2.05) is 5.48 Å². The van der Waals surface area contributed by atoms with Gasteiger partial charge < -0.3 is 10.4 Å². The highest BCUT2D eigenvalue weighted by molar-refractivity contribution is 6.31. The van der Waals surface area contributed by atoms with Crippen LogP contribution in [0.15, 0.2) is 30.3 Å². The molecule has 1 amide bonds. The summed E-state index contributed by atoms with van der Waals surface area (Å²) >= 11 is 5.58. The van der Waals surface area contributed by atoms with E-state index in [0.29, 0.717) is 0 Å². The third-order valence-electron chi connectivity index (χ3n) is 3.03. The number of nitrogens with one attached hydrogen (secondary N) is 2. The largest absolute Gasteiger partial charge is 0.391 e. The summed E-state index contributed by atoms with van der Waals surface area (Å²) in [6.07, 6.45) is -0.857. The van der Waals surface area contributed by atoms with Crippen LogP contribution < -0.4 is 10.8 Å². The van der Waals surface area contributed by atoms with Crippen LogP contribution in [0.5, 0.6) is 0 Å². The Hall–Kier alpha value is -2.29. The first kappa shape index (κ1) is 19.0. The van der Waals surface area contributed by atoms with Gasteiger partial charge in [0.05, 0.1) is 28.1 Å². The molecule has 2 aromatic carbocycles. The SMILES string of the molecule is CC(O)CONC(=O)c1cc(Cl)c(F)c(F)c1Nc1ccccc1F. The Labute approximate surface area is 146 Å². The molecule has 0 aliphatic heterocycles. The van der Waals surface area contributed by atoms with Crippen molar-refractivity contribution >= 4 is 28.9 Å². The normalized spacial score (nSPS) is 11.9. The first-order valence-corrected chi connectivity index (χ1v) is 7.48. The minimum Gasteiger partial charge on any atom is -0.391 e. The topological polar surface area (TPSA) is 70.6 Å². The monoisotopic (exact) mass is 374 g/mol. The van der Waals surface area contributed by atoms with Crippen molar-refractivity contribution in [3.63, 3.8) is 0 Å². The highest BCUT2D eigenvalue weighted by Crippen LogP contribution is 2.31. The van der Waals surface area contributed by atoms with E-state index >= 15 is 0 Å². The molecule has 134 valence electrons. The number of hydrogen-bond acceptors (Lipinski definition) is 4. The smallest absolute Gasteiger partial charge is 0.277 e. The van der Waals surface area contributed by atoms with Crippen LogP contribution in [-0.2, 0) is 4.84 Å². The lowest BCUT2D eigenvalue weighted by Crippen LogP contribution is -2.28. The predicted molar refractivity (Wildman–Crippen MR) is 86.1 cm³/mol. The standard InChI is InChI=1S/C16H14ClF3N2O3/c1-8(23)7-25-22-16(24)9-6-10(17)13(19)14(20)15(9)21-12-5-3-2-4-11(12)18/h2-6,8,21,23H,7H2,1H3,(H,22,24). The number of aliphatic hydroxyl groups is 1. The van der Waals surface area contributed by atoms with Crippen LogP contribution >= 0.6 is 11.6 Å². The molecule has 0 saturated carbocycles. The number of hydrogen-bond donors (Lipinski definition) is 3. The van der Waals surface area contributed by atoms with E-state index in [2.05, 4.69) is 5.32 Å². The van der Waals surface area contributed by atoms with Gasteiger partial charge in [-0.25, -0.2) is 18.7 Å². The second-order valence-corrected chi connectivity index (χ2v) is 5.51. The summed E-state index contributed by atoms with van der Waals surface area (Å²) in [7, 11) is 0. The molecule has 0 radical (unpaired) electrons. The number of amides is 1. The Morgan fingerprint density at radius 3 is 2.60 bits per heavy atom. The quantitative estimate of drug-likeness (QED) is 0.534. The molecule has 0 aliphatic rings. The van der Waals surface area contributed by atoms with Crippen molar-refractivity contribution in [2.45, 2.75) is 13.0 Å². The predicted octanol–water partition coefficient (Wildman–Crippen LogP) is 3.54. The number of anilines is 2. The van der Waals surface area contributed by atoms with Gasteiger partial charge in [-0.2, -0.15) is 0 Å². The van der Waals surface area contributed by atoms with Gasteiger partial charge in [-0.3, -0.25) is 9.63 Å². The molecule has 0 spiro atoms. The highest BCUT2D eigenvalue weighted by Gasteiger charge is 2.23. The van der Waals surface area contributed by atoms with Gasteiger partial charge in [0.15, 0.2) is 11.6 Å². The molecular weight excluding hydrogens is 361 g/mol. The zero-order valence-electron chi connectivity index (χ0n) is 12.9. The second-order valence-electron chi connectivity index (χ2n) is 5.10. The van der Waals surface area contributed by atoms with Crippen molar-refractivity contribution in [1.82, 2.24) is 5.48 Å². The zero-order valence-corrected chi connectivity index (χ0v) is 13.7. The number of para-hydroxylation sites is 1. The summed E-state index contributed by atoms with van der Waals surface area (Å²) in [5.41, 5.74) is 0.789. The molecule has 25 heavy (non-hydrogen) atoms. The maximum absolute atomic E-state index is 14.2. The van der Waals surface area contributed by atoms with Gasteiger partial charge in [0, 0.05) is 0 Å². The minimum atomic E-state index is -1.45. The minimum absolute atomic E-state index is 0.165. The van der Waals surface area contributed by atoms with E-state index in [-0.39, 0.29) is 12.3 Å². The summed E-state index contributed by atoms with van der Waals surface area (Å²) in [5, 5.41) is 10.8. The Kier molecular flexibility index (Phi) is 6.24. The summed E-state index contributed by atoms with van der Waals surface area (Å²) < 4.78 is 41.8. The number of aliphatic hydroxyl groups excluding tert-OH is 1. The molecule has 0 aromatic heterocycles. The third-order valence-corrected chi connectivity index (χ3v) is 3.30. The zero-order chi connectivity index (χ0) is 18.6. The number of halogens is 4. The molecular formula is C16H14ClF3N2O3. The number of hydroxylamine groups is 1. The van der Waals surface area contributed by atoms with E-state index in [9.17, 15) is 18.0 Å². The molecule has 9 heteroatoms. The van der Waals surface area contributed by atoms with Crippen molar-refractivity contribution in [3.05, 3.63) is 58.4 Å². The van der Waals surface area contributed by atoms with Crippen LogP contribution in [0.25, 0.3) is 0 Å². The lowest BCUT2D eigenvalue weighted by Gasteiger charge is -2.15. The van der Waals surface area contributed by atoms with Crippen molar-refractivity contribution < 1.29 is 27.9 Å². The maximum atomic E-state index is 14.2. The molecule has 0 fully saturated rings. The Morgan fingerprint density at radius 1 is 1.28 bits per heavy atom. The van der Waals surface area contributed by atoms with Crippen LogP contribution in [-0.4, -0.2) is 23.7 Å². The van der Waals surface area contributed by atoms with E-state index in [1.54, 1.807) is 0 Å². The lowest BCUT2D eigenvalue weighted by molar-refractivity contribution is -0.00684. The van der Waals surface area contributed by atoms with Gasteiger partial charge in [-0.1, -0.05) is 23.7 Å². The van der Waals surface area contributed by atoms with Crippen LogP contribution in [0, 0.1) is 17.5 Å². The molecule has 1 unspecified atom stereocenters. The second kappa shape index (κ2) is 8.19. The molecule has 0 saturated heterocycles. The van der Waals surface area contributed by atoms with Crippen LogP contribution in [0.1, 0.15) is 17.3 Å². The summed E-state index contributed by atoms with van der Waals surface area (Å²) in [6.45, 7) is 1.20. The van der Waals surface area contributed by atoms with Crippen LogP contribution in [0.4, 0.5) is 24.5 Å². The molecule has 1 atom stereocenters. The van der Waals surface area contributed by atoms with E-state index in [4.69, 9.17) is 21.5 Å². The number of benzene rings is 2. The average Bonchev–Trinajstić information content (AvgIpc) is 2.56. The van der Waals surface area contributed by atoms with Crippen LogP contribution in [0.2, 0.25) is 5.02 Å². The Bertz CT molecular complexity index is 787. The van der Waals surface area contributed by atoms with Gasteiger partial charge in [0.1, 0.15) is 12.4 Å². The Balaban J connectivity index is 2.38. The van der Waals surface area contributed by atoms with Crippen molar-refractivity contribution in [2.75, 3.05) is 11.9 Å². The van der Waals surface area contributed by atoms with Gasteiger partial charge in [-0.15, -0.1) is 0 Å². The molecule has 0 aliphatic carbocycles. The maximum Gasteiger partial charge on any atom is 0.277 e. The fourth-order valence-electron chi connectivity index (χ4n) is 1.88. The first-order valence-electron chi connectivity index (χ1n) is 7.10. The number of carbonyl (C=O) groups is 1. The first-order chi connectivity index (χ1) is 11.8. The fraction of sp³-hybridized carbons (Fsp3) is 0.188. The number of carbonyl (C=O) groups excluding carboxylic acids is 1. The molecule has 3 N–H and O–H groups in total. The lowest BCUT2D eigenvalue weighted by atomic mass is 10.1. The summed E-state index contributed by atoms with van der Waals surface area (Å²) in [6, 6.07) is 6.16. The summed E-state index contributed by atoms with van der Waals surface area (Å²) in [5.74, 6) is -4.52. The fourth-order valence-corrected chi connectivity index (χ4v) is 2.07. The van der Waals surface area contributed by atoms with Crippen molar-refractivity contribution in [1.29, 1.82) is 0 Å². The number of rotatable bonds is 6. The van der Waals surface area contributed by atoms with E-state index < -0.39 is 45.7 Å². The molecule has 5 nitrogen and oxygen atoms in total. The van der Waals surface area contributed by atoms with Gasteiger partial charge in [0.2, 0.25) is 0 Å². The van der Waals surface area contributed by atoms with E-state index in [1.165, 1.54) is 25.1 Å². The van der Waals surface area contributed by atoms with Crippen LogP contribution in [0.3, 0.4) is 0 Å². The van der Waals surface area contributed by atoms with Gasteiger partial charge in [-0.05, 0) is 25.1 Å². The molecule has 0 heterocycles. The van der Waals surface area contributed by atoms with E-state index in [0.717, 1.165) is 12.1 Å². The average molecular weight is 375 g/mol. The Morgan fingerprint density at radius 2 is 1.96 bits per heavy atom. The van der Waals surface area contributed by atoms with Gasteiger partial charge >= 0.3 is 0 Å². The third kappa shape index (κ3) is 4.62.